The molecule has 0 unspecified atom stereocenters. The Morgan fingerprint density at radius 1 is 1.03 bits per heavy atom. The molecule has 1 amide bonds. The third kappa shape index (κ3) is 5.97. The Bertz CT molecular complexity index is 1550. The number of carbonyl (C=O) groups excluding carboxylic acids is 2. The molecule has 0 aromatic heterocycles. The van der Waals surface area contributed by atoms with E-state index in [2.05, 4.69) is 34.3 Å². The standard InChI is InChI=1S/C30H23ClN2O4/c1-19-7-8-20-5-3-4-6-26(20)27(19)18-37-28-14-11-24(31)16-22(28)15-23(17-32)29(34)33-25-12-9-21(10-13-25)30(35)36-2/h3-16H,18H2,1-2H3,(H,33,34)/b23-15+. The number of anilines is 1. The van der Waals surface area contributed by atoms with Crippen LogP contribution in [0.1, 0.15) is 27.0 Å². The second-order valence-corrected chi connectivity index (χ2v) is 8.68. The Balaban J connectivity index is 1.57. The smallest absolute Gasteiger partial charge is 0.337 e. The van der Waals surface area contributed by atoms with Crippen LogP contribution >= 0.6 is 11.6 Å². The van der Waals surface area contributed by atoms with Crippen molar-refractivity contribution in [3.63, 3.8) is 0 Å². The van der Waals surface area contributed by atoms with Gasteiger partial charge in [-0.2, -0.15) is 5.26 Å². The number of hydrogen-bond donors (Lipinski definition) is 1. The van der Waals surface area contributed by atoms with E-state index in [0.29, 0.717) is 34.2 Å². The van der Waals surface area contributed by atoms with Gasteiger partial charge in [0.15, 0.2) is 0 Å². The molecule has 0 radical (unpaired) electrons. The first-order valence-electron chi connectivity index (χ1n) is 11.4. The van der Waals surface area contributed by atoms with Gasteiger partial charge < -0.3 is 14.8 Å². The fourth-order valence-electron chi connectivity index (χ4n) is 3.86. The molecule has 0 aliphatic heterocycles. The first-order chi connectivity index (χ1) is 17.9. The maximum atomic E-state index is 12.8. The zero-order chi connectivity index (χ0) is 26.4. The van der Waals surface area contributed by atoms with Gasteiger partial charge in [0, 0.05) is 21.8 Å². The quantitative estimate of drug-likeness (QED) is 0.169. The fraction of sp³-hybridized carbons (Fsp3) is 0.100. The van der Waals surface area contributed by atoms with E-state index >= 15 is 0 Å². The van der Waals surface area contributed by atoms with Crippen LogP contribution in [0.5, 0.6) is 5.75 Å². The monoisotopic (exact) mass is 510 g/mol. The molecule has 0 spiro atoms. The first-order valence-corrected chi connectivity index (χ1v) is 11.8. The molecular formula is C30H23ClN2O4. The summed E-state index contributed by atoms with van der Waals surface area (Å²) in [5, 5.41) is 15.0. The minimum absolute atomic E-state index is 0.134. The summed E-state index contributed by atoms with van der Waals surface area (Å²) in [7, 11) is 1.29. The summed E-state index contributed by atoms with van der Waals surface area (Å²) in [5.41, 5.74) is 3.28. The highest BCUT2D eigenvalue weighted by Gasteiger charge is 2.14. The molecule has 184 valence electrons. The van der Waals surface area contributed by atoms with Gasteiger partial charge in [0.2, 0.25) is 0 Å². The number of rotatable bonds is 7. The second kappa shape index (κ2) is 11.4. The molecule has 0 fully saturated rings. The predicted molar refractivity (Wildman–Crippen MR) is 144 cm³/mol. The highest BCUT2D eigenvalue weighted by Crippen LogP contribution is 2.29. The van der Waals surface area contributed by atoms with Gasteiger partial charge in [-0.3, -0.25) is 4.79 Å². The van der Waals surface area contributed by atoms with Crippen molar-refractivity contribution >= 4 is 46.0 Å². The number of carbonyl (C=O) groups is 2. The molecule has 4 aromatic rings. The third-order valence-corrected chi connectivity index (χ3v) is 6.08. The molecule has 0 aliphatic rings. The minimum atomic E-state index is -0.607. The van der Waals surface area contributed by atoms with Gasteiger partial charge in [-0.25, -0.2) is 4.79 Å². The molecular weight excluding hydrogens is 488 g/mol. The van der Waals surface area contributed by atoms with Crippen molar-refractivity contribution in [2.75, 3.05) is 12.4 Å². The predicted octanol–water partition coefficient (Wildman–Crippen LogP) is 6.71. The Kier molecular flexibility index (Phi) is 7.87. The fourth-order valence-corrected chi connectivity index (χ4v) is 4.04. The molecule has 7 heteroatoms. The van der Waals surface area contributed by atoms with Gasteiger partial charge in [-0.05, 0) is 71.8 Å². The molecule has 6 nitrogen and oxygen atoms in total. The van der Waals surface area contributed by atoms with Crippen molar-refractivity contribution in [2.24, 2.45) is 0 Å². The average Bonchev–Trinajstić information content (AvgIpc) is 2.91. The van der Waals surface area contributed by atoms with Gasteiger partial charge >= 0.3 is 5.97 Å². The number of nitrogens with one attached hydrogen (secondary N) is 1. The van der Waals surface area contributed by atoms with Crippen LogP contribution in [-0.4, -0.2) is 19.0 Å². The lowest BCUT2D eigenvalue weighted by Gasteiger charge is -2.14. The molecule has 0 aliphatic carbocycles. The van der Waals surface area contributed by atoms with E-state index in [1.165, 1.54) is 25.3 Å². The summed E-state index contributed by atoms with van der Waals surface area (Å²) < 4.78 is 10.8. The van der Waals surface area contributed by atoms with Crippen LogP contribution in [0.3, 0.4) is 0 Å². The van der Waals surface area contributed by atoms with Crippen LogP contribution in [0.25, 0.3) is 16.8 Å². The maximum Gasteiger partial charge on any atom is 0.337 e. The number of fused-ring (bicyclic) bond motifs is 1. The number of amides is 1. The van der Waals surface area contributed by atoms with Gasteiger partial charge in [0.1, 0.15) is 24.0 Å². The van der Waals surface area contributed by atoms with Crippen LogP contribution in [0.2, 0.25) is 5.02 Å². The second-order valence-electron chi connectivity index (χ2n) is 8.25. The summed E-state index contributed by atoms with van der Waals surface area (Å²) in [6.45, 7) is 2.33. The number of nitriles is 1. The summed E-state index contributed by atoms with van der Waals surface area (Å²) in [6, 6.07) is 25.4. The van der Waals surface area contributed by atoms with Crippen molar-refractivity contribution in [2.45, 2.75) is 13.5 Å². The van der Waals surface area contributed by atoms with Gasteiger partial charge in [-0.15, -0.1) is 0 Å². The normalized spacial score (nSPS) is 11.0. The highest BCUT2D eigenvalue weighted by molar-refractivity contribution is 6.30. The Hall–Kier alpha value is -4.60. The third-order valence-electron chi connectivity index (χ3n) is 5.85. The van der Waals surface area contributed by atoms with Crippen molar-refractivity contribution in [1.29, 1.82) is 5.26 Å². The Morgan fingerprint density at radius 3 is 2.51 bits per heavy atom. The van der Waals surface area contributed by atoms with Crippen LogP contribution in [0.4, 0.5) is 5.69 Å². The van der Waals surface area contributed by atoms with Crippen molar-refractivity contribution in [3.05, 3.63) is 112 Å². The van der Waals surface area contributed by atoms with Crippen LogP contribution < -0.4 is 10.1 Å². The van der Waals surface area contributed by atoms with Gasteiger partial charge in [0.05, 0.1) is 12.7 Å². The molecule has 0 atom stereocenters. The van der Waals surface area contributed by atoms with Crippen molar-refractivity contribution in [3.8, 4) is 11.8 Å². The topological polar surface area (TPSA) is 88.4 Å². The molecule has 0 saturated carbocycles. The van der Waals surface area contributed by atoms with E-state index in [-0.39, 0.29) is 5.57 Å². The Labute approximate surface area is 219 Å². The number of esters is 1. The minimum Gasteiger partial charge on any atom is -0.488 e. The molecule has 4 rings (SSSR count). The lowest BCUT2D eigenvalue weighted by atomic mass is 10.0. The summed E-state index contributed by atoms with van der Waals surface area (Å²) in [4.78, 5) is 24.4. The Morgan fingerprint density at radius 2 is 1.78 bits per heavy atom. The van der Waals surface area contributed by atoms with Crippen molar-refractivity contribution in [1.82, 2.24) is 0 Å². The largest absolute Gasteiger partial charge is 0.488 e. The summed E-state index contributed by atoms with van der Waals surface area (Å²) in [5.74, 6) is -0.605. The van der Waals surface area contributed by atoms with Crippen molar-refractivity contribution < 1.29 is 19.1 Å². The lowest BCUT2D eigenvalue weighted by Crippen LogP contribution is -2.13. The number of methoxy groups -OCH3 is 1. The van der Waals surface area contributed by atoms with Gasteiger partial charge in [0.25, 0.3) is 5.91 Å². The van der Waals surface area contributed by atoms with E-state index in [4.69, 9.17) is 16.3 Å². The number of halogens is 1. The zero-order valence-electron chi connectivity index (χ0n) is 20.2. The average molecular weight is 511 g/mol. The highest BCUT2D eigenvalue weighted by atomic mass is 35.5. The molecule has 0 heterocycles. The number of ether oxygens (including phenoxy) is 2. The number of benzene rings is 4. The molecule has 37 heavy (non-hydrogen) atoms. The summed E-state index contributed by atoms with van der Waals surface area (Å²) in [6.07, 6.45) is 1.44. The van der Waals surface area contributed by atoms with Crippen LogP contribution in [-0.2, 0) is 16.1 Å². The molecule has 0 bridgehead atoms. The lowest BCUT2D eigenvalue weighted by molar-refractivity contribution is -0.112. The van der Waals surface area contributed by atoms with Gasteiger partial charge in [-0.1, -0.05) is 48.0 Å². The molecule has 4 aromatic carbocycles. The molecule has 0 saturated heterocycles. The van der Waals surface area contributed by atoms with E-state index in [1.54, 1.807) is 30.3 Å². The summed E-state index contributed by atoms with van der Waals surface area (Å²) >= 11 is 6.22. The number of nitrogens with zero attached hydrogens (tertiary/aromatic N) is 1. The van der Waals surface area contributed by atoms with E-state index in [9.17, 15) is 14.9 Å². The van der Waals surface area contributed by atoms with Crippen LogP contribution in [0.15, 0.2) is 84.4 Å². The van der Waals surface area contributed by atoms with E-state index in [1.807, 2.05) is 25.1 Å². The number of hydrogen-bond acceptors (Lipinski definition) is 5. The zero-order valence-corrected chi connectivity index (χ0v) is 21.0. The number of aryl methyl sites for hydroxylation is 1. The maximum absolute atomic E-state index is 12.8. The van der Waals surface area contributed by atoms with E-state index < -0.39 is 11.9 Å². The van der Waals surface area contributed by atoms with Crippen LogP contribution in [0, 0.1) is 18.3 Å². The first kappa shape index (κ1) is 25.5. The van der Waals surface area contributed by atoms with E-state index in [0.717, 1.165) is 21.9 Å². The molecule has 1 N–H and O–H groups in total. The SMILES string of the molecule is COC(=O)c1ccc(NC(=O)/C(C#N)=C/c2cc(Cl)ccc2OCc2c(C)ccc3ccccc23)cc1.